The van der Waals surface area contributed by atoms with Crippen LogP contribution in [0.15, 0.2) is 48.5 Å². The normalized spacial score (nSPS) is 14.1. The molecule has 180 valence electrons. The predicted octanol–water partition coefficient (Wildman–Crippen LogP) is 5.35. The molecule has 6 heteroatoms. The average molecular weight is 470 g/mol. The summed E-state index contributed by atoms with van der Waals surface area (Å²) in [7, 11) is 0. The van der Waals surface area contributed by atoms with E-state index >= 15 is 0 Å². The summed E-state index contributed by atoms with van der Waals surface area (Å²) < 4.78 is 11.3. The van der Waals surface area contributed by atoms with Gasteiger partial charge in [-0.25, -0.2) is 0 Å². The topological polar surface area (TPSA) is 37.0 Å². The van der Waals surface area contributed by atoms with Gasteiger partial charge in [0.2, 0.25) is 0 Å². The zero-order valence-electron chi connectivity index (χ0n) is 20.2. The lowest BCUT2D eigenvalue weighted by Gasteiger charge is -2.30. The van der Waals surface area contributed by atoms with Gasteiger partial charge in [-0.2, -0.15) is 0 Å². The Balaban J connectivity index is 1.65. The molecule has 2 aromatic rings. The molecule has 1 N–H and O–H groups in total. The fraction of sp³-hybridized carbons (Fsp3) is 0.519. The van der Waals surface area contributed by atoms with E-state index in [-0.39, 0.29) is 0 Å². The van der Waals surface area contributed by atoms with E-state index in [4.69, 9.17) is 21.7 Å². The van der Waals surface area contributed by atoms with Crippen LogP contribution in [0.2, 0.25) is 0 Å². The Morgan fingerprint density at radius 1 is 1.06 bits per heavy atom. The van der Waals surface area contributed by atoms with Crippen LogP contribution in [-0.2, 0) is 17.7 Å². The van der Waals surface area contributed by atoms with Crippen molar-refractivity contribution in [2.24, 2.45) is 0 Å². The summed E-state index contributed by atoms with van der Waals surface area (Å²) in [6.07, 6.45) is 4.62. The third-order valence-corrected chi connectivity index (χ3v) is 6.31. The highest BCUT2D eigenvalue weighted by molar-refractivity contribution is 7.80. The standard InChI is InChI=1S/C27H39N3O2S/c1-3-5-9-23-12-14-25(15-13-23)28-27(33)30(17-8-16-29-18-20-31-21-19-29)22-24-10-6-7-11-26(24)32-4-2/h6-7,10-15H,3-5,8-9,16-22H2,1-2H3,(H,28,33). The van der Waals surface area contributed by atoms with Crippen LogP contribution < -0.4 is 10.1 Å². The minimum absolute atomic E-state index is 0.654. The van der Waals surface area contributed by atoms with Crippen LogP contribution in [0.3, 0.4) is 0 Å². The number of hydrogen-bond donors (Lipinski definition) is 1. The molecule has 33 heavy (non-hydrogen) atoms. The Morgan fingerprint density at radius 2 is 1.82 bits per heavy atom. The first-order chi connectivity index (χ1) is 16.2. The first kappa shape index (κ1) is 25.5. The van der Waals surface area contributed by atoms with Crippen molar-refractivity contribution in [2.75, 3.05) is 51.3 Å². The Labute approximate surface area is 205 Å². The van der Waals surface area contributed by atoms with E-state index in [2.05, 4.69) is 58.4 Å². The molecule has 0 unspecified atom stereocenters. The molecule has 1 aliphatic heterocycles. The Morgan fingerprint density at radius 3 is 2.55 bits per heavy atom. The molecule has 2 aromatic carbocycles. The van der Waals surface area contributed by atoms with Gasteiger partial charge in [-0.15, -0.1) is 0 Å². The fourth-order valence-electron chi connectivity index (χ4n) is 4.04. The van der Waals surface area contributed by atoms with Gasteiger partial charge >= 0.3 is 0 Å². The van der Waals surface area contributed by atoms with E-state index in [1.54, 1.807) is 0 Å². The highest BCUT2D eigenvalue weighted by Gasteiger charge is 2.15. The summed E-state index contributed by atoms with van der Waals surface area (Å²) in [5, 5.41) is 4.22. The van der Waals surface area contributed by atoms with Gasteiger partial charge in [0, 0.05) is 44.0 Å². The highest BCUT2D eigenvalue weighted by atomic mass is 32.1. The van der Waals surface area contributed by atoms with Crippen molar-refractivity contribution in [3.05, 3.63) is 59.7 Å². The maximum absolute atomic E-state index is 5.88. The van der Waals surface area contributed by atoms with Gasteiger partial charge in [0.25, 0.3) is 0 Å². The number of nitrogens with one attached hydrogen (secondary N) is 1. The third kappa shape index (κ3) is 8.61. The van der Waals surface area contributed by atoms with Gasteiger partial charge in [-0.3, -0.25) is 4.90 Å². The number of benzene rings is 2. The molecule has 0 aliphatic carbocycles. The third-order valence-electron chi connectivity index (χ3n) is 5.95. The Bertz CT molecular complexity index is 838. The lowest BCUT2D eigenvalue weighted by atomic mass is 10.1. The largest absolute Gasteiger partial charge is 0.494 e. The number of ether oxygens (including phenoxy) is 2. The second kappa shape index (κ2) is 14.2. The summed E-state index contributed by atoms with van der Waals surface area (Å²) in [4.78, 5) is 4.74. The molecule has 0 bridgehead atoms. The SMILES string of the molecule is CCCCc1ccc(NC(=S)N(CCCN2CCOCC2)Cc2ccccc2OCC)cc1. The first-order valence-electron chi connectivity index (χ1n) is 12.3. The van der Waals surface area contributed by atoms with Crippen molar-refractivity contribution in [3.8, 4) is 5.75 Å². The number of nitrogens with zero attached hydrogens (tertiary/aromatic N) is 2. The van der Waals surface area contributed by atoms with Crippen molar-refractivity contribution in [1.82, 2.24) is 9.80 Å². The number of unbranched alkanes of at least 4 members (excludes halogenated alkanes) is 1. The van der Waals surface area contributed by atoms with E-state index < -0.39 is 0 Å². The van der Waals surface area contributed by atoms with Crippen LogP contribution in [0.4, 0.5) is 5.69 Å². The minimum atomic E-state index is 0.654. The molecule has 0 spiro atoms. The highest BCUT2D eigenvalue weighted by Crippen LogP contribution is 2.21. The maximum atomic E-state index is 5.88. The molecule has 0 saturated carbocycles. The molecular formula is C27H39N3O2S. The van der Waals surface area contributed by atoms with Crippen LogP contribution in [-0.4, -0.2) is 60.9 Å². The molecule has 0 amide bonds. The number of rotatable bonds is 12. The van der Waals surface area contributed by atoms with E-state index in [1.165, 1.54) is 18.4 Å². The van der Waals surface area contributed by atoms with Gasteiger partial charge < -0.3 is 19.7 Å². The van der Waals surface area contributed by atoms with Gasteiger partial charge in [-0.05, 0) is 62.2 Å². The van der Waals surface area contributed by atoms with Crippen molar-refractivity contribution in [1.29, 1.82) is 0 Å². The van der Waals surface area contributed by atoms with Gasteiger partial charge in [0.1, 0.15) is 5.75 Å². The van der Waals surface area contributed by atoms with Crippen LogP contribution in [0.1, 0.15) is 44.2 Å². The molecule has 1 aliphatic rings. The number of para-hydroxylation sites is 1. The number of thiocarbonyl (C=S) groups is 1. The smallest absolute Gasteiger partial charge is 0.173 e. The molecule has 1 saturated heterocycles. The van der Waals surface area contributed by atoms with Gasteiger partial charge in [-0.1, -0.05) is 43.7 Å². The quantitative estimate of drug-likeness (QED) is 0.423. The predicted molar refractivity (Wildman–Crippen MR) is 141 cm³/mol. The van der Waals surface area contributed by atoms with Crippen LogP contribution >= 0.6 is 12.2 Å². The Kier molecular flexibility index (Phi) is 10.9. The first-order valence-corrected chi connectivity index (χ1v) is 12.8. The fourth-order valence-corrected chi connectivity index (χ4v) is 4.31. The summed E-state index contributed by atoms with van der Waals surface area (Å²) in [5.74, 6) is 0.932. The minimum Gasteiger partial charge on any atom is -0.494 e. The van der Waals surface area contributed by atoms with E-state index in [0.717, 1.165) is 80.9 Å². The van der Waals surface area contributed by atoms with Crippen molar-refractivity contribution in [2.45, 2.75) is 46.1 Å². The lowest BCUT2D eigenvalue weighted by molar-refractivity contribution is 0.0367. The van der Waals surface area contributed by atoms with Crippen LogP contribution in [0.25, 0.3) is 0 Å². The summed E-state index contributed by atoms with van der Waals surface area (Å²) in [5.41, 5.74) is 3.57. The molecule has 0 aromatic heterocycles. The molecule has 3 rings (SSSR count). The summed E-state index contributed by atoms with van der Waals surface area (Å²) >= 11 is 5.88. The lowest BCUT2D eigenvalue weighted by Crippen LogP contribution is -2.40. The van der Waals surface area contributed by atoms with Gasteiger partial charge in [0.05, 0.1) is 19.8 Å². The number of anilines is 1. The Hall–Kier alpha value is -2.15. The van der Waals surface area contributed by atoms with E-state index in [9.17, 15) is 0 Å². The van der Waals surface area contributed by atoms with Crippen molar-refractivity contribution in [3.63, 3.8) is 0 Å². The monoisotopic (exact) mass is 469 g/mol. The van der Waals surface area contributed by atoms with E-state index in [1.807, 2.05) is 19.1 Å². The average Bonchev–Trinajstić information content (AvgIpc) is 2.85. The zero-order chi connectivity index (χ0) is 23.3. The number of aryl methyl sites for hydroxylation is 1. The molecule has 0 radical (unpaired) electrons. The summed E-state index contributed by atoms with van der Waals surface area (Å²) in [6, 6.07) is 16.9. The number of morpholine rings is 1. The number of hydrogen-bond acceptors (Lipinski definition) is 4. The second-order valence-corrected chi connectivity index (χ2v) is 8.89. The van der Waals surface area contributed by atoms with Crippen LogP contribution in [0.5, 0.6) is 5.75 Å². The molecule has 0 atom stereocenters. The zero-order valence-corrected chi connectivity index (χ0v) is 21.0. The second-order valence-electron chi connectivity index (χ2n) is 8.50. The van der Waals surface area contributed by atoms with Crippen molar-refractivity contribution < 1.29 is 9.47 Å². The molecule has 1 heterocycles. The van der Waals surface area contributed by atoms with Gasteiger partial charge in [0.15, 0.2) is 5.11 Å². The van der Waals surface area contributed by atoms with Crippen molar-refractivity contribution >= 4 is 23.0 Å². The molecular weight excluding hydrogens is 430 g/mol. The van der Waals surface area contributed by atoms with E-state index in [0.29, 0.717) is 6.61 Å². The molecule has 5 nitrogen and oxygen atoms in total. The van der Waals surface area contributed by atoms with Crippen LogP contribution in [0, 0.1) is 0 Å². The maximum Gasteiger partial charge on any atom is 0.173 e. The summed E-state index contributed by atoms with van der Waals surface area (Å²) in [6.45, 7) is 11.3. The molecule has 1 fully saturated rings.